The monoisotopic (exact) mass is 239 g/mol. The lowest BCUT2D eigenvalue weighted by atomic mass is 9.95. The van der Waals surface area contributed by atoms with E-state index in [4.69, 9.17) is 0 Å². The highest BCUT2D eigenvalue weighted by Crippen LogP contribution is 2.14. The average Bonchev–Trinajstić information content (AvgIpc) is 2.77. The van der Waals surface area contributed by atoms with Crippen molar-refractivity contribution in [1.82, 2.24) is 15.6 Å². The fourth-order valence-corrected chi connectivity index (χ4v) is 2.04. The van der Waals surface area contributed by atoms with Crippen LogP contribution in [-0.2, 0) is 0 Å². The summed E-state index contributed by atoms with van der Waals surface area (Å²) in [5.41, 5.74) is 0. The highest BCUT2D eigenvalue weighted by Gasteiger charge is 2.14. The molecule has 0 unspecified atom stereocenters. The zero-order valence-corrected chi connectivity index (χ0v) is 9.62. The number of oxazole rings is 1. The number of piperidine rings is 1. The van der Waals surface area contributed by atoms with Crippen molar-refractivity contribution in [3.05, 3.63) is 22.5 Å². The predicted molar refractivity (Wildman–Crippen MR) is 61.9 cm³/mol. The number of amides is 1. The molecular weight excluding hydrogens is 222 g/mol. The van der Waals surface area contributed by atoms with E-state index in [9.17, 15) is 9.59 Å². The van der Waals surface area contributed by atoms with E-state index in [1.165, 1.54) is 6.20 Å². The molecule has 0 radical (unpaired) electrons. The third-order valence-corrected chi connectivity index (χ3v) is 3.04. The number of carbonyl (C=O) groups excluding carboxylic acids is 1. The average molecular weight is 239 g/mol. The van der Waals surface area contributed by atoms with Crippen LogP contribution in [0.4, 0.5) is 0 Å². The first-order valence-electron chi connectivity index (χ1n) is 5.93. The number of hydrogen-bond donors (Lipinski definition) is 3. The van der Waals surface area contributed by atoms with Crippen LogP contribution >= 0.6 is 0 Å². The SMILES string of the molecule is O=C(NCCC1CCNCC1)c1c[nH]c(=O)o1. The van der Waals surface area contributed by atoms with Crippen molar-refractivity contribution in [2.45, 2.75) is 19.3 Å². The normalized spacial score (nSPS) is 16.9. The predicted octanol–water partition coefficient (Wildman–Crippen LogP) is 0.0874. The van der Waals surface area contributed by atoms with E-state index in [0.29, 0.717) is 12.5 Å². The summed E-state index contributed by atoms with van der Waals surface area (Å²) in [6.07, 6.45) is 4.58. The van der Waals surface area contributed by atoms with Crippen molar-refractivity contribution in [2.75, 3.05) is 19.6 Å². The fourth-order valence-electron chi connectivity index (χ4n) is 2.04. The molecule has 0 aliphatic carbocycles. The number of nitrogens with one attached hydrogen (secondary N) is 3. The van der Waals surface area contributed by atoms with Gasteiger partial charge < -0.3 is 15.1 Å². The van der Waals surface area contributed by atoms with Crippen LogP contribution in [0.1, 0.15) is 29.8 Å². The van der Waals surface area contributed by atoms with E-state index < -0.39 is 5.76 Å². The maximum absolute atomic E-state index is 11.5. The van der Waals surface area contributed by atoms with Crippen molar-refractivity contribution in [3.8, 4) is 0 Å². The minimum absolute atomic E-state index is 0.0420. The van der Waals surface area contributed by atoms with Crippen LogP contribution in [0.5, 0.6) is 0 Å². The lowest BCUT2D eigenvalue weighted by molar-refractivity contribution is 0.0921. The minimum atomic E-state index is -0.603. The number of carbonyl (C=O) groups is 1. The van der Waals surface area contributed by atoms with Gasteiger partial charge in [-0.15, -0.1) is 0 Å². The number of hydrogen-bond acceptors (Lipinski definition) is 4. The summed E-state index contributed by atoms with van der Waals surface area (Å²) in [5.74, 6) is -0.221. The Hall–Kier alpha value is -1.56. The van der Waals surface area contributed by atoms with Gasteiger partial charge in [0.2, 0.25) is 5.76 Å². The van der Waals surface area contributed by atoms with Crippen molar-refractivity contribution >= 4 is 5.91 Å². The molecule has 2 heterocycles. The maximum Gasteiger partial charge on any atom is 0.416 e. The summed E-state index contributed by atoms with van der Waals surface area (Å²) < 4.78 is 4.65. The van der Waals surface area contributed by atoms with Crippen LogP contribution in [0, 0.1) is 5.92 Å². The summed E-state index contributed by atoms with van der Waals surface area (Å²) in [6.45, 7) is 2.75. The van der Waals surface area contributed by atoms with Crippen molar-refractivity contribution in [1.29, 1.82) is 0 Å². The number of H-pyrrole nitrogens is 1. The molecule has 1 saturated heterocycles. The Morgan fingerprint density at radius 3 is 2.88 bits per heavy atom. The molecule has 0 spiro atoms. The molecule has 3 N–H and O–H groups in total. The molecule has 0 atom stereocenters. The van der Waals surface area contributed by atoms with Gasteiger partial charge in [-0.25, -0.2) is 4.79 Å². The first-order valence-corrected chi connectivity index (χ1v) is 5.93. The van der Waals surface area contributed by atoms with E-state index in [0.717, 1.165) is 32.4 Å². The fraction of sp³-hybridized carbons (Fsp3) is 0.636. The Morgan fingerprint density at radius 1 is 1.47 bits per heavy atom. The van der Waals surface area contributed by atoms with E-state index in [-0.39, 0.29) is 11.7 Å². The van der Waals surface area contributed by atoms with Crippen LogP contribution in [0.2, 0.25) is 0 Å². The third kappa shape index (κ3) is 3.45. The summed E-state index contributed by atoms with van der Waals surface area (Å²) in [4.78, 5) is 24.5. The van der Waals surface area contributed by atoms with Gasteiger partial charge in [-0.3, -0.25) is 9.78 Å². The Labute approximate surface area is 98.8 Å². The van der Waals surface area contributed by atoms with Crippen LogP contribution in [0.15, 0.2) is 15.4 Å². The van der Waals surface area contributed by atoms with Gasteiger partial charge in [-0.2, -0.15) is 0 Å². The van der Waals surface area contributed by atoms with Gasteiger partial charge in [0.05, 0.1) is 6.20 Å². The largest absolute Gasteiger partial charge is 0.416 e. The Morgan fingerprint density at radius 2 is 2.24 bits per heavy atom. The van der Waals surface area contributed by atoms with Gasteiger partial charge >= 0.3 is 5.76 Å². The summed E-state index contributed by atoms with van der Waals surface area (Å²) >= 11 is 0. The number of aromatic nitrogens is 1. The van der Waals surface area contributed by atoms with Crippen LogP contribution in [0.3, 0.4) is 0 Å². The van der Waals surface area contributed by atoms with E-state index in [1.54, 1.807) is 0 Å². The summed E-state index contributed by atoms with van der Waals surface area (Å²) in [6, 6.07) is 0. The van der Waals surface area contributed by atoms with E-state index >= 15 is 0 Å². The number of rotatable bonds is 4. The first kappa shape index (κ1) is 11.9. The quantitative estimate of drug-likeness (QED) is 0.694. The second kappa shape index (κ2) is 5.67. The molecule has 1 amide bonds. The molecule has 1 aliphatic heterocycles. The van der Waals surface area contributed by atoms with Gasteiger partial charge in [0.25, 0.3) is 5.91 Å². The summed E-state index contributed by atoms with van der Waals surface area (Å²) in [5, 5.41) is 6.05. The summed E-state index contributed by atoms with van der Waals surface area (Å²) in [7, 11) is 0. The molecule has 0 bridgehead atoms. The van der Waals surface area contributed by atoms with E-state index in [1.807, 2.05) is 0 Å². The van der Waals surface area contributed by atoms with Gasteiger partial charge in [-0.1, -0.05) is 0 Å². The second-order valence-electron chi connectivity index (χ2n) is 4.28. The minimum Gasteiger partial charge on any atom is -0.403 e. The van der Waals surface area contributed by atoms with Gasteiger partial charge in [0.15, 0.2) is 0 Å². The molecule has 0 aromatic carbocycles. The first-order chi connectivity index (χ1) is 8.25. The highest BCUT2D eigenvalue weighted by atomic mass is 16.4. The standard InChI is InChI=1S/C11H17N3O3/c15-10(9-7-14-11(16)17-9)13-6-3-8-1-4-12-5-2-8/h7-8,12H,1-6H2,(H,13,15)(H,14,16). The van der Waals surface area contributed by atoms with Crippen LogP contribution in [-0.4, -0.2) is 30.5 Å². The van der Waals surface area contributed by atoms with Crippen molar-refractivity contribution in [2.24, 2.45) is 5.92 Å². The van der Waals surface area contributed by atoms with E-state index in [2.05, 4.69) is 20.0 Å². The molecule has 0 saturated carbocycles. The highest BCUT2D eigenvalue weighted by molar-refractivity contribution is 5.90. The Kier molecular flexibility index (Phi) is 3.98. The molecule has 2 rings (SSSR count). The Bertz CT molecular complexity index is 418. The molecule has 1 aromatic heterocycles. The zero-order chi connectivity index (χ0) is 12.1. The van der Waals surface area contributed by atoms with Gasteiger partial charge in [0.1, 0.15) is 0 Å². The molecule has 6 nitrogen and oxygen atoms in total. The third-order valence-electron chi connectivity index (χ3n) is 3.04. The molecule has 1 aromatic rings. The second-order valence-corrected chi connectivity index (χ2v) is 4.28. The van der Waals surface area contributed by atoms with Gasteiger partial charge in [0, 0.05) is 6.54 Å². The van der Waals surface area contributed by atoms with Crippen molar-refractivity contribution < 1.29 is 9.21 Å². The van der Waals surface area contributed by atoms with Crippen LogP contribution < -0.4 is 16.4 Å². The molecular formula is C11H17N3O3. The smallest absolute Gasteiger partial charge is 0.403 e. The molecule has 17 heavy (non-hydrogen) atoms. The lowest BCUT2D eigenvalue weighted by Crippen LogP contribution is -2.31. The van der Waals surface area contributed by atoms with Gasteiger partial charge in [-0.05, 0) is 38.3 Å². The zero-order valence-electron chi connectivity index (χ0n) is 9.62. The topological polar surface area (TPSA) is 87.1 Å². The van der Waals surface area contributed by atoms with Crippen LogP contribution in [0.25, 0.3) is 0 Å². The molecule has 1 fully saturated rings. The molecule has 6 heteroatoms. The number of aromatic amines is 1. The van der Waals surface area contributed by atoms with Crippen molar-refractivity contribution in [3.63, 3.8) is 0 Å². The molecule has 94 valence electrons. The lowest BCUT2D eigenvalue weighted by Gasteiger charge is -2.22. The molecule has 1 aliphatic rings. The Balaban J connectivity index is 1.71. The maximum atomic E-state index is 11.5.